The Labute approximate surface area is 154 Å². The Kier molecular flexibility index (Phi) is 7.99. The maximum absolute atomic E-state index is 2.40. The molecule has 4 heteroatoms. The molecule has 0 saturated heterocycles. The Morgan fingerprint density at radius 3 is 2.25 bits per heavy atom. The molecule has 1 radical (unpaired) electrons. The second-order valence-corrected chi connectivity index (χ2v) is 7.65. The van der Waals surface area contributed by atoms with E-state index in [2.05, 4.69) is 56.4 Å². The van der Waals surface area contributed by atoms with Gasteiger partial charge in [-0.05, 0) is 35.2 Å². The summed E-state index contributed by atoms with van der Waals surface area (Å²) in [5.74, 6) is 0. The van der Waals surface area contributed by atoms with Crippen LogP contribution in [0.4, 0.5) is 0 Å². The molecule has 0 amide bonds. The quantitative estimate of drug-likeness (QED) is 0.511. The van der Waals surface area contributed by atoms with Gasteiger partial charge in [-0.3, -0.25) is 0 Å². The van der Waals surface area contributed by atoms with E-state index in [0.29, 0.717) is 0 Å². The largest absolute Gasteiger partial charge is 2.00 e. The van der Waals surface area contributed by atoms with Crippen molar-refractivity contribution < 1.29 is 51.0 Å². The zero-order chi connectivity index (χ0) is 12.0. The molecule has 20 heavy (non-hydrogen) atoms. The third kappa shape index (κ3) is 3.30. The van der Waals surface area contributed by atoms with Gasteiger partial charge in [0.1, 0.15) is 0 Å². The van der Waals surface area contributed by atoms with Crippen molar-refractivity contribution in [2.24, 2.45) is 0 Å². The van der Waals surface area contributed by atoms with Gasteiger partial charge >= 0.3 is 26.2 Å². The number of allylic oxidation sites excluding steroid dienone is 1. The van der Waals surface area contributed by atoms with Crippen molar-refractivity contribution in [2.45, 2.75) is 26.4 Å². The molecule has 0 N–H and O–H groups in total. The van der Waals surface area contributed by atoms with Crippen LogP contribution in [0.2, 0.25) is 13.1 Å². The number of hydrogen-bond acceptors (Lipinski definition) is 0. The van der Waals surface area contributed by atoms with Gasteiger partial charge in [0.25, 0.3) is 0 Å². The zero-order valence-corrected chi connectivity index (χ0v) is 16.9. The predicted molar refractivity (Wildman–Crippen MR) is 77.7 cm³/mol. The zero-order valence-electron chi connectivity index (χ0n) is 11.9. The second kappa shape index (κ2) is 7.94. The molecule has 0 unspecified atom stereocenters. The van der Waals surface area contributed by atoms with Gasteiger partial charge in [0, 0.05) is 0 Å². The average Bonchev–Trinajstić information content (AvgIpc) is 2.65. The molecular weight excluding hydrogens is 382 g/mol. The molecule has 103 valence electrons. The Hall–Kier alpha value is 0.120. The van der Waals surface area contributed by atoms with Gasteiger partial charge in [-0.25, -0.2) is 0 Å². The minimum atomic E-state index is -0.383. The fourth-order valence-corrected chi connectivity index (χ4v) is 4.76. The smallest absolute Gasteiger partial charge is 1.00 e. The van der Waals surface area contributed by atoms with Crippen LogP contribution < -0.4 is 24.8 Å². The summed E-state index contributed by atoms with van der Waals surface area (Å²) in [5, 5.41) is 4.49. The van der Waals surface area contributed by atoms with Gasteiger partial charge in [-0.1, -0.05) is 60.3 Å². The van der Waals surface area contributed by atoms with Crippen molar-refractivity contribution >= 4 is 24.8 Å². The van der Waals surface area contributed by atoms with Crippen molar-refractivity contribution in [3.05, 3.63) is 53.1 Å². The number of rotatable bonds is 1. The van der Waals surface area contributed by atoms with E-state index in [4.69, 9.17) is 0 Å². The Balaban J connectivity index is 0.00000120. The normalized spacial score (nSPS) is 12.6. The third-order valence-corrected chi connectivity index (χ3v) is 5.32. The van der Waals surface area contributed by atoms with Crippen LogP contribution in [0.25, 0.3) is 16.0 Å². The summed E-state index contributed by atoms with van der Waals surface area (Å²) >= 11 is 0. The summed E-state index contributed by atoms with van der Waals surface area (Å²) in [4.78, 5) is 0. The summed E-state index contributed by atoms with van der Waals surface area (Å²) in [6.07, 6.45) is 1.16. The van der Waals surface area contributed by atoms with Crippen LogP contribution in [0.3, 0.4) is 0 Å². The second-order valence-electron chi connectivity index (χ2n) is 5.15. The van der Waals surface area contributed by atoms with Gasteiger partial charge in [-0.2, -0.15) is 0 Å². The molecule has 1 aliphatic carbocycles. The van der Waals surface area contributed by atoms with Gasteiger partial charge in [-0.15, -0.1) is 0 Å². The van der Waals surface area contributed by atoms with Gasteiger partial charge in [0.15, 0.2) is 0 Å². The molecule has 0 aromatic heterocycles. The van der Waals surface area contributed by atoms with Crippen molar-refractivity contribution in [3.63, 3.8) is 0 Å². The van der Waals surface area contributed by atoms with E-state index in [1.54, 1.807) is 16.3 Å². The Bertz CT molecular complexity index is 635. The summed E-state index contributed by atoms with van der Waals surface area (Å²) in [7, 11) is -0.383. The fourth-order valence-electron chi connectivity index (χ4n) is 3.02. The molecule has 0 nitrogen and oxygen atoms in total. The summed E-state index contributed by atoms with van der Waals surface area (Å²) in [5.41, 5.74) is 4.68. The third-order valence-electron chi connectivity index (χ3n) is 3.65. The van der Waals surface area contributed by atoms with Crippen molar-refractivity contribution in [3.8, 4) is 0 Å². The van der Waals surface area contributed by atoms with E-state index in [1.807, 2.05) is 0 Å². The van der Waals surface area contributed by atoms with Crippen LogP contribution in [0, 0.1) is 0 Å². The van der Waals surface area contributed by atoms with Gasteiger partial charge < -0.3 is 24.8 Å². The van der Waals surface area contributed by atoms with Crippen LogP contribution in [-0.2, 0) is 32.6 Å². The minimum absolute atomic E-state index is 0. The summed E-state index contributed by atoms with van der Waals surface area (Å²) in [6, 6.07) is 13.4. The Morgan fingerprint density at radius 2 is 1.60 bits per heavy atom. The van der Waals surface area contributed by atoms with Crippen LogP contribution in [0.5, 0.6) is 0 Å². The van der Waals surface area contributed by atoms with Crippen molar-refractivity contribution in [1.29, 1.82) is 0 Å². The van der Waals surface area contributed by atoms with E-state index in [-0.39, 0.29) is 59.8 Å². The Morgan fingerprint density at radius 1 is 0.950 bits per heavy atom. The van der Waals surface area contributed by atoms with E-state index >= 15 is 0 Å². The van der Waals surface area contributed by atoms with E-state index in [9.17, 15) is 0 Å². The first-order valence-corrected chi connectivity index (χ1v) is 8.70. The number of halogens is 2. The molecular formula is C16H17Cl2SiZr. The number of benzene rings is 2. The molecule has 3 rings (SSSR count). The molecule has 0 bridgehead atoms. The van der Waals surface area contributed by atoms with E-state index < -0.39 is 0 Å². The summed E-state index contributed by atoms with van der Waals surface area (Å²) in [6.45, 7) is 7.11. The molecule has 0 atom stereocenters. The first-order chi connectivity index (χ1) is 8.18. The molecule has 0 saturated carbocycles. The van der Waals surface area contributed by atoms with Crippen LogP contribution >= 0.6 is 0 Å². The molecule has 0 spiro atoms. The monoisotopic (exact) mass is 397 g/mol. The molecule has 0 aliphatic heterocycles. The van der Waals surface area contributed by atoms with E-state index in [1.165, 1.54) is 16.3 Å². The maximum atomic E-state index is 2.40. The number of hydrogen-bond donors (Lipinski definition) is 0. The van der Waals surface area contributed by atoms with Gasteiger partial charge in [0.2, 0.25) is 0 Å². The predicted octanol–water partition coefficient (Wildman–Crippen LogP) is -1.53. The van der Waals surface area contributed by atoms with Crippen molar-refractivity contribution in [1.82, 2.24) is 0 Å². The van der Waals surface area contributed by atoms with Crippen LogP contribution in [0.1, 0.15) is 18.1 Å². The SMILES string of the molecule is CC1=C([Si](C)C)c2c(ccc3ccccc23)C1.[Cl-].[Cl-].[Zr+2]. The number of fused-ring (bicyclic) bond motifs is 3. The van der Waals surface area contributed by atoms with E-state index in [0.717, 1.165) is 6.42 Å². The first kappa shape index (κ1) is 20.1. The standard InChI is InChI=1S/C16H17Si.2ClH.Zr/c1-11-10-13-9-8-12-6-4-5-7-14(12)15(13)16(11)17(2)3;;;/h4-9H,10H2,1-3H3;2*1H;/q;;;+2/p-2. The van der Waals surface area contributed by atoms with Gasteiger partial charge in [0.05, 0.1) is 8.80 Å². The van der Waals surface area contributed by atoms with Crippen LogP contribution in [0.15, 0.2) is 42.0 Å². The molecule has 2 aromatic rings. The average molecular weight is 400 g/mol. The molecule has 0 fully saturated rings. The van der Waals surface area contributed by atoms with Crippen molar-refractivity contribution in [2.75, 3.05) is 0 Å². The first-order valence-electron chi connectivity index (χ1n) is 6.20. The molecule has 2 aromatic carbocycles. The summed E-state index contributed by atoms with van der Waals surface area (Å²) < 4.78 is 0. The van der Waals surface area contributed by atoms with Crippen LogP contribution in [-0.4, -0.2) is 8.80 Å². The topological polar surface area (TPSA) is 0 Å². The molecule has 0 heterocycles. The molecule has 1 aliphatic rings. The fraction of sp³-hybridized carbons (Fsp3) is 0.250. The maximum Gasteiger partial charge on any atom is 2.00 e. The minimum Gasteiger partial charge on any atom is -1.00 e.